The van der Waals surface area contributed by atoms with Crippen LogP contribution in [0.15, 0.2) is 0 Å². The van der Waals surface area contributed by atoms with Gasteiger partial charge in [0, 0.05) is 13.1 Å². The van der Waals surface area contributed by atoms with E-state index in [1.165, 1.54) is 0 Å². The molecule has 0 radical (unpaired) electrons. The Hall–Kier alpha value is -1.10. The van der Waals surface area contributed by atoms with Crippen molar-refractivity contribution in [3.63, 3.8) is 0 Å². The summed E-state index contributed by atoms with van der Waals surface area (Å²) in [5, 5.41) is 9.66. The molecule has 5 nitrogen and oxygen atoms in total. The number of carboxylic acids is 1. The molecule has 122 valence electrons. The van der Waals surface area contributed by atoms with E-state index in [9.17, 15) is 14.7 Å². The number of carboxylic acid groups (broad SMARTS) is 1. The molecule has 1 N–H and O–H groups in total. The van der Waals surface area contributed by atoms with Crippen LogP contribution in [0.25, 0.3) is 0 Å². The van der Waals surface area contributed by atoms with E-state index in [4.69, 9.17) is 0 Å². The van der Waals surface area contributed by atoms with E-state index in [0.717, 1.165) is 38.8 Å². The smallest absolute Gasteiger partial charge is 0.324 e. The molecule has 1 atom stereocenters. The number of carbonyl (C=O) groups excluding carboxylic acids is 1. The Morgan fingerprint density at radius 3 is 2.24 bits per heavy atom. The fourth-order valence-electron chi connectivity index (χ4n) is 3.38. The first-order chi connectivity index (χ1) is 10.0. The number of nitrogens with zero attached hydrogens (tertiary/aromatic N) is 2. The summed E-state index contributed by atoms with van der Waals surface area (Å²) >= 11 is 0. The second kappa shape index (κ2) is 8.37. The van der Waals surface area contributed by atoms with E-state index in [1.54, 1.807) is 0 Å². The quantitative estimate of drug-likeness (QED) is 0.710. The van der Waals surface area contributed by atoms with Crippen molar-refractivity contribution in [3.8, 4) is 0 Å². The highest BCUT2D eigenvalue weighted by Crippen LogP contribution is 2.33. The number of aliphatic carboxylic acids is 1. The molecule has 1 heterocycles. The summed E-state index contributed by atoms with van der Waals surface area (Å²) in [6.07, 6.45) is 4.84. The fraction of sp³-hybridized carbons (Fsp3) is 0.875. The maximum absolute atomic E-state index is 12.5. The predicted molar refractivity (Wildman–Crippen MR) is 83.2 cm³/mol. The first kappa shape index (κ1) is 18.0. The fourth-order valence-corrected chi connectivity index (χ4v) is 3.38. The van der Waals surface area contributed by atoms with Gasteiger partial charge in [-0.25, -0.2) is 0 Å². The van der Waals surface area contributed by atoms with Crippen molar-refractivity contribution in [2.75, 3.05) is 26.2 Å². The molecule has 1 fully saturated rings. The van der Waals surface area contributed by atoms with Crippen LogP contribution in [0.2, 0.25) is 0 Å². The van der Waals surface area contributed by atoms with Gasteiger partial charge in [-0.05, 0) is 38.6 Å². The second-order valence-corrected chi connectivity index (χ2v) is 5.99. The SMILES string of the molecule is CCCN(CCC)C(=O)CN1CCCC1(CCC)C(=O)O. The van der Waals surface area contributed by atoms with E-state index in [-0.39, 0.29) is 12.5 Å². The summed E-state index contributed by atoms with van der Waals surface area (Å²) in [6.45, 7) is 8.59. The first-order valence-corrected chi connectivity index (χ1v) is 8.28. The van der Waals surface area contributed by atoms with Crippen molar-refractivity contribution in [2.24, 2.45) is 0 Å². The van der Waals surface area contributed by atoms with Gasteiger partial charge >= 0.3 is 5.97 Å². The number of carbonyl (C=O) groups is 2. The molecule has 0 bridgehead atoms. The molecule has 1 aliphatic heterocycles. The predicted octanol–water partition coefficient (Wildman–Crippen LogP) is 2.35. The Balaban J connectivity index is 2.78. The molecule has 5 heteroatoms. The number of likely N-dealkylation sites (tertiary alicyclic amines) is 1. The molecule has 1 saturated heterocycles. The van der Waals surface area contributed by atoms with Gasteiger partial charge in [0.1, 0.15) is 5.54 Å². The van der Waals surface area contributed by atoms with E-state index in [0.29, 0.717) is 19.4 Å². The van der Waals surface area contributed by atoms with Crippen LogP contribution >= 0.6 is 0 Å². The van der Waals surface area contributed by atoms with Crippen LogP contribution in [0.5, 0.6) is 0 Å². The Labute approximate surface area is 128 Å². The van der Waals surface area contributed by atoms with Crippen LogP contribution in [-0.2, 0) is 9.59 Å². The Kier molecular flexibility index (Phi) is 7.15. The number of rotatable bonds is 9. The van der Waals surface area contributed by atoms with E-state index in [1.807, 2.05) is 16.7 Å². The van der Waals surface area contributed by atoms with Gasteiger partial charge in [-0.3, -0.25) is 14.5 Å². The van der Waals surface area contributed by atoms with E-state index in [2.05, 4.69) is 13.8 Å². The summed E-state index contributed by atoms with van der Waals surface area (Å²) < 4.78 is 0. The normalized spacial score (nSPS) is 22.4. The Bertz CT molecular complexity index is 353. The summed E-state index contributed by atoms with van der Waals surface area (Å²) in [7, 11) is 0. The largest absolute Gasteiger partial charge is 0.480 e. The van der Waals surface area contributed by atoms with Crippen molar-refractivity contribution in [2.45, 2.75) is 64.8 Å². The second-order valence-electron chi connectivity index (χ2n) is 5.99. The molecule has 0 aromatic heterocycles. The van der Waals surface area contributed by atoms with Gasteiger partial charge in [0.25, 0.3) is 0 Å². The molecular formula is C16H30N2O3. The highest BCUT2D eigenvalue weighted by Gasteiger charge is 2.47. The third-order valence-electron chi connectivity index (χ3n) is 4.35. The molecule has 1 unspecified atom stereocenters. The van der Waals surface area contributed by atoms with Gasteiger partial charge in [-0.1, -0.05) is 27.2 Å². The van der Waals surface area contributed by atoms with Crippen molar-refractivity contribution >= 4 is 11.9 Å². The lowest BCUT2D eigenvalue weighted by atomic mass is 9.90. The van der Waals surface area contributed by atoms with Gasteiger partial charge in [-0.2, -0.15) is 0 Å². The zero-order valence-corrected chi connectivity index (χ0v) is 13.7. The molecule has 0 saturated carbocycles. The average molecular weight is 298 g/mol. The molecule has 21 heavy (non-hydrogen) atoms. The van der Waals surface area contributed by atoms with Crippen LogP contribution in [0.3, 0.4) is 0 Å². The molecular weight excluding hydrogens is 268 g/mol. The topological polar surface area (TPSA) is 60.9 Å². The summed E-state index contributed by atoms with van der Waals surface area (Å²) in [5.74, 6) is -0.700. The number of hydrogen-bond donors (Lipinski definition) is 1. The third-order valence-corrected chi connectivity index (χ3v) is 4.35. The maximum atomic E-state index is 12.5. The van der Waals surface area contributed by atoms with Crippen molar-refractivity contribution in [1.29, 1.82) is 0 Å². The molecule has 1 aliphatic rings. The Morgan fingerprint density at radius 2 is 1.76 bits per heavy atom. The van der Waals surface area contributed by atoms with Crippen molar-refractivity contribution in [1.82, 2.24) is 9.80 Å². The molecule has 1 amide bonds. The molecule has 0 aromatic rings. The van der Waals surface area contributed by atoms with Gasteiger partial charge < -0.3 is 10.0 Å². The van der Waals surface area contributed by atoms with Crippen molar-refractivity contribution < 1.29 is 14.7 Å². The highest BCUT2D eigenvalue weighted by molar-refractivity contribution is 5.82. The third kappa shape index (κ3) is 4.19. The first-order valence-electron chi connectivity index (χ1n) is 8.28. The van der Waals surface area contributed by atoms with Crippen LogP contribution in [0, 0.1) is 0 Å². The molecule has 0 aromatic carbocycles. The van der Waals surface area contributed by atoms with Crippen LogP contribution < -0.4 is 0 Å². The lowest BCUT2D eigenvalue weighted by molar-refractivity contribution is -0.151. The Morgan fingerprint density at radius 1 is 1.14 bits per heavy atom. The average Bonchev–Trinajstić information content (AvgIpc) is 2.83. The maximum Gasteiger partial charge on any atom is 0.324 e. The minimum atomic E-state index is -0.825. The summed E-state index contributed by atoms with van der Waals surface area (Å²) in [6, 6.07) is 0. The monoisotopic (exact) mass is 298 g/mol. The standard InChI is InChI=1S/C16H30N2O3/c1-4-8-16(15(20)21)9-7-12-18(16)13-14(19)17(10-5-2)11-6-3/h4-13H2,1-3H3,(H,20,21). The zero-order valence-electron chi connectivity index (χ0n) is 13.7. The summed E-state index contributed by atoms with van der Waals surface area (Å²) in [5.41, 5.74) is -0.825. The zero-order chi connectivity index (χ0) is 15.9. The van der Waals surface area contributed by atoms with Crippen molar-refractivity contribution in [3.05, 3.63) is 0 Å². The van der Waals surface area contributed by atoms with Gasteiger partial charge in [-0.15, -0.1) is 0 Å². The summed E-state index contributed by atoms with van der Waals surface area (Å²) in [4.78, 5) is 28.0. The van der Waals surface area contributed by atoms with E-state index >= 15 is 0 Å². The van der Waals surface area contributed by atoms with Crippen LogP contribution in [0.4, 0.5) is 0 Å². The van der Waals surface area contributed by atoms with Gasteiger partial charge in [0.05, 0.1) is 6.54 Å². The molecule has 1 rings (SSSR count). The molecule has 0 spiro atoms. The van der Waals surface area contributed by atoms with Gasteiger partial charge in [0.2, 0.25) is 5.91 Å². The van der Waals surface area contributed by atoms with Gasteiger partial charge in [0.15, 0.2) is 0 Å². The minimum absolute atomic E-state index is 0.0716. The number of hydrogen-bond acceptors (Lipinski definition) is 3. The number of amides is 1. The lowest BCUT2D eigenvalue weighted by Crippen LogP contribution is -2.54. The van der Waals surface area contributed by atoms with E-state index < -0.39 is 11.5 Å². The molecule has 0 aliphatic carbocycles. The van der Waals surface area contributed by atoms with Crippen LogP contribution in [-0.4, -0.2) is 58.5 Å². The van der Waals surface area contributed by atoms with Crippen LogP contribution in [0.1, 0.15) is 59.3 Å². The highest BCUT2D eigenvalue weighted by atomic mass is 16.4. The lowest BCUT2D eigenvalue weighted by Gasteiger charge is -2.35. The minimum Gasteiger partial charge on any atom is -0.480 e.